The van der Waals surface area contributed by atoms with E-state index in [1.165, 1.54) is 6.07 Å². The van der Waals surface area contributed by atoms with Gasteiger partial charge in [-0.1, -0.05) is 66.2 Å². The summed E-state index contributed by atoms with van der Waals surface area (Å²) in [6.45, 7) is 2.63. The van der Waals surface area contributed by atoms with E-state index >= 15 is 8.78 Å². The number of alkyl halides is 2. The van der Waals surface area contributed by atoms with Gasteiger partial charge in [0, 0.05) is 17.5 Å². The lowest BCUT2D eigenvalue weighted by atomic mass is 9.97. The number of aryl methyl sites for hydroxylation is 1. The average Bonchev–Trinajstić information content (AvgIpc) is 2.73. The third-order valence-corrected chi connectivity index (χ3v) is 7.43. The molecule has 0 aromatic heterocycles. The van der Waals surface area contributed by atoms with E-state index in [0.717, 1.165) is 12.5 Å². The first kappa shape index (κ1) is 21.1. The molecule has 3 nitrogen and oxygen atoms in total. The Morgan fingerprint density at radius 3 is 1.86 bits per heavy atom. The highest BCUT2D eigenvalue weighted by Gasteiger charge is 2.48. The molecule has 0 aliphatic carbocycles. The van der Waals surface area contributed by atoms with Gasteiger partial charge in [-0.3, -0.25) is 9.36 Å². The van der Waals surface area contributed by atoms with Gasteiger partial charge in [0.05, 0.1) is 0 Å². The monoisotopic (exact) mass is 413 g/mol. The minimum atomic E-state index is -3.74. The SMILES string of the molecule is CC(=O)C(F)(F)C(NP(=O)(c1ccccc1)c1ccccc1)c1cccc(C)c1. The summed E-state index contributed by atoms with van der Waals surface area (Å²) in [5, 5.41) is 3.50. The fourth-order valence-electron chi connectivity index (χ4n) is 3.17. The molecule has 0 spiro atoms. The summed E-state index contributed by atoms with van der Waals surface area (Å²) in [6.07, 6.45) is 0. The van der Waals surface area contributed by atoms with E-state index in [-0.39, 0.29) is 5.56 Å². The Balaban J connectivity index is 2.19. The van der Waals surface area contributed by atoms with Crippen molar-refractivity contribution in [2.24, 2.45) is 0 Å². The molecule has 0 radical (unpaired) electrons. The molecule has 1 atom stereocenters. The first-order valence-corrected chi connectivity index (χ1v) is 10.9. The zero-order valence-electron chi connectivity index (χ0n) is 16.2. The zero-order valence-corrected chi connectivity index (χ0v) is 17.1. The van der Waals surface area contributed by atoms with Crippen molar-refractivity contribution < 1.29 is 18.1 Å². The van der Waals surface area contributed by atoms with Crippen molar-refractivity contribution in [3.05, 3.63) is 96.1 Å². The molecule has 1 unspecified atom stereocenters. The number of halogens is 2. The number of Topliss-reactive ketones (excluding diaryl/α,β-unsaturated/α-hetero) is 1. The number of benzene rings is 3. The summed E-state index contributed by atoms with van der Waals surface area (Å²) in [7, 11) is -3.68. The summed E-state index contributed by atoms with van der Waals surface area (Å²) in [4.78, 5) is 11.8. The lowest BCUT2D eigenvalue weighted by Gasteiger charge is -2.31. The maximum Gasteiger partial charge on any atom is 0.324 e. The predicted octanol–water partition coefficient (Wildman–Crippen LogP) is 4.78. The molecular formula is C23H22F2NO2P. The van der Waals surface area contributed by atoms with Crippen molar-refractivity contribution in [3.63, 3.8) is 0 Å². The Kier molecular flexibility index (Phi) is 6.11. The van der Waals surface area contributed by atoms with Crippen LogP contribution in [0.2, 0.25) is 0 Å². The molecule has 1 N–H and O–H groups in total. The smallest absolute Gasteiger partial charge is 0.296 e. The normalized spacial score (nSPS) is 13.1. The van der Waals surface area contributed by atoms with Gasteiger partial charge in [-0.15, -0.1) is 0 Å². The molecule has 0 saturated carbocycles. The third-order valence-electron chi connectivity index (χ3n) is 4.76. The molecule has 150 valence electrons. The number of hydrogen-bond acceptors (Lipinski definition) is 2. The molecule has 3 aromatic rings. The molecule has 3 rings (SSSR count). The third kappa shape index (κ3) is 4.36. The van der Waals surface area contributed by atoms with Crippen LogP contribution in [0.15, 0.2) is 84.9 Å². The maximum absolute atomic E-state index is 15.1. The number of rotatable bonds is 7. The summed E-state index contributed by atoms with van der Waals surface area (Å²) in [6, 6.07) is 21.7. The second kappa shape index (κ2) is 8.40. The van der Waals surface area contributed by atoms with E-state index < -0.39 is 25.0 Å². The second-order valence-electron chi connectivity index (χ2n) is 6.94. The quantitative estimate of drug-likeness (QED) is 0.567. The maximum atomic E-state index is 15.1. The number of nitrogens with one attached hydrogen (secondary N) is 1. The first-order valence-electron chi connectivity index (χ1n) is 9.19. The fraction of sp³-hybridized carbons (Fsp3) is 0.174. The molecule has 0 heterocycles. The number of hydrogen-bond donors (Lipinski definition) is 1. The van der Waals surface area contributed by atoms with E-state index in [1.54, 1.807) is 85.8 Å². The molecule has 0 bridgehead atoms. The topological polar surface area (TPSA) is 46.2 Å². The van der Waals surface area contributed by atoms with Crippen LogP contribution in [-0.4, -0.2) is 11.7 Å². The van der Waals surface area contributed by atoms with Crippen molar-refractivity contribution in [1.82, 2.24) is 5.09 Å². The van der Waals surface area contributed by atoms with Crippen LogP contribution in [0.4, 0.5) is 8.78 Å². The minimum Gasteiger partial charge on any atom is -0.296 e. The molecule has 0 fully saturated rings. The van der Waals surface area contributed by atoms with E-state index in [9.17, 15) is 9.36 Å². The molecule has 6 heteroatoms. The largest absolute Gasteiger partial charge is 0.324 e. The van der Waals surface area contributed by atoms with E-state index in [1.807, 2.05) is 0 Å². The van der Waals surface area contributed by atoms with Gasteiger partial charge in [-0.05, 0) is 36.8 Å². The van der Waals surface area contributed by atoms with Crippen molar-refractivity contribution in [3.8, 4) is 0 Å². The van der Waals surface area contributed by atoms with Crippen LogP contribution in [0.5, 0.6) is 0 Å². The zero-order chi connectivity index (χ0) is 21.1. The van der Waals surface area contributed by atoms with Crippen LogP contribution in [0.3, 0.4) is 0 Å². The van der Waals surface area contributed by atoms with Gasteiger partial charge in [0.1, 0.15) is 6.04 Å². The van der Waals surface area contributed by atoms with Crippen LogP contribution in [-0.2, 0) is 9.36 Å². The summed E-state index contributed by atoms with van der Waals surface area (Å²) in [5.74, 6) is -5.03. The van der Waals surface area contributed by atoms with E-state index in [0.29, 0.717) is 10.6 Å². The Bertz CT molecular complexity index is 996. The van der Waals surface area contributed by atoms with Gasteiger partial charge in [0.15, 0.2) is 0 Å². The number of ketones is 1. The molecule has 3 aromatic carbocycles. The van der Waals surface area contributed by atoms with Gasteiger partial charge < -0.3 is 0 Å². The Labute approximate surface area is 169 Å². The van der Waals surface area contributed by atoms with Gasteiger partial charge in [0.2, 0.25) is 13.1 Å². The summed E-state index contributed by atoms with van der Waals surface area (Å²) in [5.41, 5.74) is 0.972. The number of carbonyl (C=O) groups excluding carboxylic acids is 1. The highest BCUT2D eigenvalue weighted by Crippen LogP contribution is 2.46. The molecule has 0 aliphatic rings. The summed E-state index contributed by atoms with van der Waals surface area (Å²) >= 11 is 0. The first-order chi connectivity index (χ1) is 13.7. The van der Waals surface area contributed by atoms with Crippen LogP contribution < -0.4 is 15.7 Å². The molecule has 0 aliphatic heterocycles. The fourth-order valence-corrected chi connectivity index (χ4v) is 5.63. The van der Waals surface area contributed by atoms with Crippen LogP contribution in [0, 0.1) is 6.92 Å². The number of carbonyl (C=O) groups is 1. The molecule has 29 heavy (non-hydrogen) atoms. The van der Waals surface area contributed by atoms with Crippen molar-refractivity contribution in [2.75, 3.05) is 0 Å². The van der Waals surface area contributed by atoms with Crippen LogP contribution in [0.25, 0.3) is 0 Å². The van der Waals surface area contributed by atoms with Gasteiger partial charge in [-0.25, -0.2) is 5.09 Å². The van der Waals surface area contributed by atoms with Gasteiger partial charge in [-0.2, -0.15) is 8.78 Å². The van der Waals surface area contributed by atoms with Crippen molar-refractivity contribution in [1.29, 1.82) is 0 Å². The standard InChI is InChI=1S/C23H22F2NO2P/c1-17-10-9-11-19(16-17)22(23(24,25)18(2)27)26-29(28,20-12-5-3-6-13-20)21-14-7-4-8-15-21/h3-16,22H,1-2H3,(H,26,28). The predicted molar refractivity (Wildman–Crippen MR) is 112 cm³/mol. The van der Waals surface area contributed by atoms with E-state index in [2.05, 4.69) is 5.09 Å². The lowest BCUT2D eigenvalue weighted by molar-refractivity contribution is -0.144. The van der Waals surface area contributed by atoms with Crippen molar-refractivity contribution >= 4 is 23.7 Å². The highest BCUT2D eigenvalue weighted by atomic mass is 31.2. The minimum absolute atomic E-state index is 0.206. The Morgan fingerprint density at radius 2 is 1.41 bits per heavy atom. The van der Waals surface area contributed by atoms with Crippen LogP contribution in [0.1, 0.15) is 24.1 Å². The second-order valence-corrected chi connectivity index (χ2v) is 9.45. The molecule has 0 amide bonds. The highest BCUT2D eigenvalue weighted by molar-refractivity contribution is 7.76. The Morgan fingerprint density at radius 1 is 0.897 bits per heavy atom. The summed E-state index contributed by atoms with van der Waals surface area (Å²) < 4.78 is 44.3. The van der Waals surface area contributed by atoms with Gasteiger partial charge in [0.25, 0.3) is 0 Å². The average molecular weight is 413 g/mol. The van der Waals surface area contributed by atoms with E-state index in [4.69, 9.17) is 0 Å². The Hall–Kier alpha value is -2.62. The lowest BCUT2D eigenvalue weighted by Crippen LogP contribution is -2.44. The molecular weight excluding hydrogens is 391 g/mol. The van der Waals surface area contributed by atoms with Crippen LogP contribution >= 0.6 is 7.29 Å². The van der Waals surface area contributed by atoms with Gasteiger partial charge >= 0.3 is 5.92 Å². The van der Waals surface area contributed by atoms with Crippen molar-refractivity contribution in [2.45, 2.75) is 25.8 Å². The molecule has 0 saturated heterocycles.